The molecule has 2 aliphatic rings. The molecule has 0 bridgehead atoms. The summed E-state index contributed by atoms with van der Waals surface area (Å²) < 4.78 is 0. The van der Waals surface area contributed by atoms with Crippen LogP contribution in [-0.4, -0.2) is 17.2 Å². The lowest BCUT2D eigenvalue weighted by atomic mass is 9.46. The summed E-state index contributed by atoms with van der Waals surface area (Å²) in [6.07, 6.45) is 2.25. The first-order chi connectivity index (χ1) is 10.6. The summed E-state index contributed by atoms with van der Waals surface area (Å²) >= 11 is 0. The first-order valence-electron chi connectivity index (χ1n) is 8.50. The van der Waals surface area contributed by atoms with Crippen molar-refractivity contribution in [2.75, 3.05) is 0 Å². The zero-order valence-corrected chi connectivity index (χ0v) is 14.7. The number of hydrogen-bond acceptors (Lipinski definition) is 3. The lowest BCUT2D eigenvalue weighted by Gasteiger charge is -2.66. The second-order valence-corrected chi connectivity index (χ2v) is 8.37. The van der Waals surface area contributed by atoms with Gasteiger partial charge in [-0.3, -0.25) is 9.59 Å². The second-order valence-electron chi connectivity index (χ2n) is 8.37. The molecule has 0 radical (unpaired) electrons. The van der Waals surface area contributed by atoms with Crippen molar-refractivity contribution in [2.24, 2.45) is 5.41 Å². The minimum Gasteiger partial charge on any atom is -0.842 e. The van der Waals surface area contributed by atoms with Crippen molar-refractivity contribution in [3.05, 3.63) is 34.9 Å². The van der Waals surface area contributed by atoms with Crippen LogP contribution in [0.2, 0.25) is 0 Å². The molecule has 0 aromatic heterocycles. The zero-order valence-electron chi connectivity index (χ0n) is 14.7. The molecule has 2 aliphatic carbocycles. The molecule has 124 valence electrons. The van der Waals surface area contributed by atoms with Crippen molar-refractivity contribution in [3.8, 4) is 0 Å². The molecule has 0 amide bonds. The molecule has 0 aliphatic heterocycles. The highest BCUT2D eigenvalue weighted by atomic mass is 16.3. The molecular formula is C20H25O3-. The van der Waals surface area contributed by atoms with Gasteiger partial charge >= 0.3 is 0 Å². The Labute approximate surface area is 138 Å². The third kappa shape index (κ3) is 1.86. The first-order valence-corrected chi connectivity index (χ1v) is 8.50. The molecule has 2 atom stereocenters. The molecule has 23 heavy (non-hydrogen) atoms. The normalized spacial score (nSPS) is 32.7. The van der Waals surface area contributed by atoms with E-state index in [0.29, 0.717) is 18.4 Å². The van der Waals surface area contributed by atoms with Gasteiger partial charge in [-0.05, 0) is 52.4 Å². The van der Waals surface area contributed by atoms with E-state index < -0.39 is 28.0 Å². The van der Waals surface area contributed by atoms with Gasteiger partial charge in [0.25, 0.3) is 0 Å². The number of ketones is 2. The van der Waals surface area contributed by atoms with Crippen LogP contribution < -0.4 is 5.11 Å². The van der Waals surface area contributed by atoms with Crippen molar-refractivity contribution in [1.82, 2.24) is 0 Å². The SMILES string of the molecule is CC(C)c1ccc2c(c1)C(=O)C(=O)[C@@]1([O-])C(C)(C)CCC[C@]21C. The van der Waals surface area contributed by atoms with E-state index in [1.165, 1.54) is 0 Å². The van der Waals surface area contributed by atoms with Crippen molar-refractivity contribution >= 4 is 11.6 Å². The van der Waals surface area contributed by atoms with Crippen LogP contribution in [0.25, 0.3) is 0 Å². The summed E-state index contributed by atoms with van der Waals surface area (Å²) in [5, 5.41) is 13.8. The summed E-state index contributed by atoms with van der Waals surface area (Å²) in [6, 6.07) is 5.75. The van der Waals surface area contributed by atoms with Gasteiger partial charge in [0, 0.05) is 5.56 Å². The fourth-order valence-corrected chi connectivity index (χ4v) is 4.74. The summed E-state index contributed by atoms with van der Waals surface area (Å²) in [6.45, 7) is 9.69. The quantitative estimate of drug-likeness (QED) is 0.748. The summed E-state index contributed by atoms with van der Waals surface area (Å²) in [4.78, 5) is 25.6. The molecule has 3 rings (SSSR count). The molecule has 0 spiro atoms. The van der Waals surface area contributed by atoms with E-state index in [2.05, 4.69) is 13.8 Å². The number of carbonyl (C=O) groups excluding carboxylic acids is 2. The van der Waals surface area contributed by atoms with E-state index in [0.717, 1.165) is 17.5 Å². The predicted molar refractivity (Wildman–Crippen MR) is 87.6 cm³/mol. The number of carbonyl (C=O) groups is 2. The summed E-state index contributed by atoms with van der Waals surface area (Å²) in [7, 11) is 0. The maximum atomic E-state index is 13.8. The van der Waals surface area contributed by atoms with E-state index in [4.69, 9.17) is 0 Å². The number of hydrogen-bond donors (Lipinski definition) is 0. The molecule has 0 heterocycles. The van der Waals surface area contributed by atoms with Gasteiger partial charge in [-0.25, -0.2) is 0 Å². The van der Waals surface area contributed by atoms with Crippen molar-refractivity contribution in [3.63, 3.8) is 0 Å². The standard InChI is InChI=1S/C20H25O3/c1-12(2)13-7-8-15-14(11-13)16(21)17(22)20(23)18(3,4)9-6-10-19(15,20)5/h7-8,11-12H,6,9-10H2,1-5H3/q-1/t19-,20-/m1/s1. The minimum absolute atomic E-state index is 0.276. The minimum atomic E-state index is -1.87. The Morgan fingerprint density at radius 2 is 1.74 bits per heavy atom. The molecule has 3 heteroatoms. The first kappa shape index (κ1) is 16.4. The van der Waals surface area contributed by atoms with Gasteiger partial charge < -0.3 is 5.11 Å². The number of rotatable bonds is 1. The monoisotopic (exact) mass is 313 g/mol. The number of benzene rings is 1. The van der Waals surface area contributed by atoms with E-state index in [1.807, 2.05) is 39.0 Å². The molecule has 1 aromatic carbocycles. The molecule has 3 nitrogen and oxygen atoms in total. The number of fused-ring (bicyclic) bond motifs is 3. The van der Waals surface area contributed by atoms with Crippen molar-refractivity contribution in [2.45, 2.75) is 70.8 Å². The molecule has 0 N–H and O–H groups in total. The highest BCUT2D eigenvalue weighted by molar-refractivity contribution is 6.48. The Balaban J connectivity index is 2.30. The largest absolute Gasteiger partial charge is 0.842 e. The van der Waals surface area contributed by atoms with Gasteiger partial charge in [0.15, 0.2) is 5.78 Å². The number of Topliss-reactive ketones (excluding diaryl/α,β-unsaturated/α-hetero) is 2. The summed E-state index contributed by atoms with van der Waals surface area (Å²) in [5.74, 6) is -1.05. The highest BCUT2D eigenvalue weighted by Crippen LogP contribution is 2.56. The lowest BCUT2D eigenvalue weighted by molar-refractivity contribution is -0.506. The van der Waals surface area contributed by atoms with Crippen molar-refractivity contribution < 1.29 is 14.7 Å². The van der Waals surface area contributed by atoms with Gasteiger partial charge in [0.1, 0.15) is 0 Å². The molecule has 1 fully saturated rings. The van der Waals surface area contributed by atoms with E-state index in [-0.39, 0.29) is 5.92 Å². The maximum absolute atomic E-state index is 13.8. The Morgan fingerprint density at radius 3 is 2.35 bits per heavy atom. The van der Waals surface area contributed by atoms with Gasteiger partial charge in [-0.1, -0.05) is 53.2 Å². The maximum Gasteiger partial charge on any atom is 0.228 e. The Hall–Kier alpha value is -1.48. The molecule has 1 saturated carbocycles. The predicted octanol–water partition coefficient (Wildman–Crippen LogP) is 3.14. The molecule has 0 saturated heterocycles. The molecule has 0 unspecified atom stereocenters. The van der Waals surface area contributed by atoms with Gasteiger partial charge in [-0.2, -0.15) is 0 Å². The topological polar surface area (TPSA) is 57.2 Å². The van der Waals surface area contributed by atoms with Crippen LogP contribution in [0.5, 0.6) is 0 Å². The lowest BCUT2D eigenvalue weighted by Crippen LogP contribution is -2.76. The fraction of sp³-hybridized carbons (Fsp3) is 0.600. The molecular weight excluding hydrogens is 288 g/mol. The third-order valence-electron chi connectivity index (χ3n) is 6.28. The van der Waals surface area contributed by atoms with E-state index >= 15 is 0 Å². The Kier molecular flexibility index (Phi) is 3.39. The van der Waals surface area contributed by atoms with Gasteiger partial charge in [0.2, 0.25) is 5.78 Å². The van der Waals surface area contributed by atoms with Crippen LogP contribution in [0, 0.1) is 5.41 Å². The molecule has 1 aromatic rings. The third-order valence-corrected chi connectivity index (χ3v) is 6.28. The Bertz CT molecular complexity index is 701. The van der Waals surface area contributed by atoms with Crippen LogP contribution in [0.4, 0.5) is 0 Å². The van der Waals surface area contributed by atoms with Gasteiger partial charge in [0.05, 0.1) is 0 Å². The zero-order chi connectivity index (χ0) is 17.2. The second kappa shape index (κ2) is 4.76. The Morgan fingerprint density at radius 1 is 1.09 bits per heavy atom. The van der Waals surface area contributed by atoms with Crippen LogP contribution in [0.1, 0.15) is 81.3 Å². The van der Waals surface area contributed by atoms with Crippen LogP contribution in [0.15, 0.2) is 18.2 Å². The smallest absolute Gasteiger partial charge is 0.228 e. The van der Waals surface area contributed by atoms with Crippen LogP contribution >= 0.6 is 0 Å². The van der Waals surface area contributed by atoms with Gasteiger partial charge in [-0.15, -0.1) is 0 Å². The van der Waals surface area contributed by atoms with Crippen LogP contribution in [-0.2, 0) is 10.2 Å². The average molecular weight is 313 g/mol. The fourth-order valence-electron chi connectivity index (χ4n) is 4.74. The van der Waals surface area contributed by atoms with E-state index in [1.54, 1.807) is 0 Å². The average Bonchev–Trinajstić information content (AvgIpc) is 2.49. The van der Waals surface area contributed by atoms with E-state index in [9.17, 15) is 14.7 Å². The summed E-state index contributed by atoms with van der Waals surface area (Å²) in [5.41, 5.74) is -1.16. The van der Waals surface area contributed by atoms with Crippen LogP contribution in [0.3, 0.4) is 0 Å². The van der Waals surface area contributed by atoms with Crippen molar-refractivity contribution in [1.29, 1.82) is 0 Å². The highest BCUT2D eigenvalue weighted by Gasteiger charge is 2.60.